The summed E-state index contributed by atoms with van der Waals surface area (Å²) >= 11 is 3.54. The van der Waals surface area contributed by atoms with Crippen LogP contribution in [0.1, 0.15) is 117 Å². The maximum absolute atomic E-state index is 7.18. The molecule has 2 aromatic carbocycles. The number of rotatable bonds is 16. The van der Waals surface area contributed by atoms with Gasteiger partial charge in [0, 0.05) is 68.9 Å². The zero-order valence-corrected chi connectivity index (χ0v) is 49.4. The molecule has 73 heavy (non-hydrogen) atoms. The van der Waals surface area contributed by atoms with Gasteiger partial charge in [0.1, 0.15) is 0 Å². The van der Waals surface area contributed by atoms with Crippen molar-refractivity contribution in [2.45, 2.75) is 169 Å². The predicted octanol–water partition coefficient (Wildman–Crippen LogP) is 10.7. The summed E-state index contributed by atoms with van der Waals surface area (Å²) in [6.45, 7) is 30.6. The molecule has 0 unspecified atom stereocenters. The second kappa shape index (κ2) is 31.3. The average Bonchev–Trinajstić information content (AvgIpc) is 4.00. The number of hydrogen-bond donors (Lipinski definition) is 0. The van der Waals surface area contributed by atoms with E-state index in [-0.39, 0.29) is 48.6 Å². The zero-order valence-electron chi connectivity index (χ0n) is 47.8. The van der Waals surface area contributed by atoms with E-state index in [2.05, 4.69) is 192 Å². The third-order valence-corrected chi connectivity index (χ3v) is 15.0. The quantitative estimate of drug-likeness (QED) is 0.108. The predicted molar refractivity (Wildman–Crippen MR) is 304 cm³/mol. The molecule has 0 aliphatic carbocycles. The molecule has 1 fully saturated rings. The Labute approximate surface area is 451 Å². The molecule has 1 saturated heterocycles. The third-order valence-electron chi connectivity index (χ3n) is 14.6. The van der Waals surface area contributed by atoms with E-state index in [1.807, 2.05) is 40.2 Å². The molecule has 410 valence electrons. The van der Waals surface area contributed by atoms with Crippen LogP contribution in [-0.4, -0.2) is 169 Å². The lowest BCUT2D eigenvalue weighted by Crippen LogP contribution is -2.47. The van der Waals surface area contributed by atoms with Gasteiger partial charge in [0.05, 0.1) is 74.6 Å². The SMILES string of the molecule is CC(C)C[C@H]1CO[C@H](C)CN(C)[C@@H](CC(C)C)CO[C@H](Cc2ccc(Cn3cccn3)cc2)CN(C)[C@@H](CC(C)C)CO[C@H](C)CN(C)[C@@H](CC(C)C)CO[C@H](Cc2ccc(Cn3cc(Br)cn3)cc2)CN1C. The minimum atomic E-state index is -0.00150. The van der Waals surface area contributed by atoms with Crippen molar-refractivity contribution in [3.05, 3.63) is 106 Å². The second-order valence-electron chi connectivity index (χ2n) is 23.7. The van der Waals surface area contributed by atoms with Crippen molar-refractivity contribution in [3.63, 3.8) is 0 Å². The molecular formula is C60H99BrN8O4. The highest BCUT2D eigenvalue weighted by molar-refractivity contribution is 9.10. The fourth-order valence-electron chi connectivity index (χ4n) is 10.5. The fourth-order valence-corrected chi connectivity index (χ4v) is 10.8. The van der Waals surface area contributed by atoms with Gasteiger partial charge in [-0.15, -0.1) is 0 Å². The van der Waals surface area contributed by atoms with Gasteiger partial charge in [-0.25, -0.2) is 0 Å². The number of benzene rings is 2. The summed E-state index contributed by atoms with van der Waals surface area (Å²) in [6.07, 6.45) is 13.7. The van der Waals surface area contributed by atoms with Crippen molar-refractivity contribution in [2.24, 2.45) is 23.7 Å². The van der Waals surface area contributed by atoms with Gasteiger partial charge < -0.3 is 18.9 Å². The molecule has 8 atom stereocenters. The molecule has 12 nitrogen and oxygen atoms in total. The highest BCUT2D eigenvalue weighted by Gasteiger charge is 2.29. The van der Waals surface area contributed by atoms with Gasteiger partial charge in [-0.05, 0) is 148 Å². The van der Waals surface area contributed by atoms with Crippen LogP contribution in [0.2, 0.25) is 0 Å². The van der Waals surface area contributed by atoms with Crippen LogP contribution in [-0.2, 0) is 44.9 Å². The normalized spacial score (nSPS) is 25.5. The largest absolute Gasteiger partial charge is 0.376 e. The Kier molecular flexibility index (Phi) is 26.1. The second-order valence-corrected chi connectivity index (χ2v) is 24.6. The van der Waals surface area contributed by atoms with E-state index in [0.717, 1.165) is 82.3 Å². The lowest BCUT2D eigenvalue weighted by molar-refractivity contribution is -0.0536. The minimum Gasteiger partial charge on any atom is -0.376 e. The van der Waals surface area contributed by atoms with E-state index >= 15 is 0 Å². The molecule has 0 radical (unpaired) electrons. The summed E-state index contributed by atoms with van der Waals surface area (Å²) in [5.74, 6) is 2.10. The van der Waals surface area contributed by atoms with Gasteiger partial charge in [0.25, 0.3) is 0 Å². The Balaban J connectivity index is 1.40. The van der Waals surface area contributed by atoms with Crippen LogP contribution in [0.3, 0.4) is 0 Å². The molecule has 4 aromatic rings. The van der Waals surface area contributed by atoms with E-state index in [1.165, 1.54) is 22.3 Å². The van der Waals surface area contributed by atoms with Crippen molar-refractivity contribution in [3.8, 4) is 0 Å². The van der Waals surface area contributed by atoms with E-state index < -0.39 is 0 Å². The molecule has 2 aromatic heterocycles. The molecule has 1 aliphatic rings. The standard InChI is InChI=1S/C60H99BrN8O4/c1-44(2)26-55-40-70-49(10)34-65(12)58(29-47(7)8)43-73-60(31-51-18-22-53(23-19-51)36-69-37-54(61)32-63-69)39-67(14)56(27-45(3)4)41-71-48(9)33-64(11)57(28-46(5)6)42-72-59(38-66(55)13)30-50-16-20-52(21-17-50)35-68-25-15-24-62-68/h15-25,32,37,44-49,55-60H,26-31,33-36,38-43H2,1-14H3/t48-,49-,55+,56+,57+,58+,59-,60-/m1/s1. The van der Waals surface area contributed by atoms with Crippen molar-refractivity contribution >= 4 is 15.9 Å². The fraction of sp³-hybridized carbons (Fsp3) is 0.700. The van der Waals surface area contributed by atoms with E-state index in [9.17, 15) is 0 Å². The van der Waals surface area contributed by atoms with Crippen LogP contribution < -0.4 is 0 Å². The first kappa shape index (κ1) is 60.9. The van der Waals surface area contributed by atoms with Crippen molar-refractivity contribution in [2.75, 3.05) is 80.8 Å². The topological polar surface area (TPSA) is 85.5 Å². The molecule has 5 rings (SSSR count). The van der Waals surface area contributed by atoms with Crippen LogP contribution in [0.5, 0.6) is 0 Å². The van der Waals surface area contributed by atoms with Gasteiger partial charge in [-0.3, -0.25) is 29.0 Å². The Morgan fingerprint density at radius 1 is 0.493 bits per heavy atom. The first-order valence-corrected chi connectivity index (χ1v) is 28.7. The van der Waals surface area contributed by atoms with Crippen LogP contribution in [0, 0.1) is 23.7 Å². The van der Waals surface area contributed by atoms with E-state index in [0.29, 0.717) is 50.1 Å². The maximum atomic E-state index is 7.18. The maximum Gasteiger partial charge on any atom is 0.0743 e. The third kappa shape index (κ3) is 22.6. The van der Waals surface area contributed by atoms with E-state index in [4.69, 9.17) is 18.9 Å². The minimum absolute atomic E-state index is 0.00150. The number of aromatic nitrogens is 4. The molecule has 3 heterocycles. The van der Waals surface area contributed by atoms with Crippen LogP contribution >= 0.6 is 15.9 Å². The van der Waals surface area contributed by atoms with Gasteiger partial charge in [-0.1, -0.05) is 104 Å². The Morgan fingerprint density at radius 2 is 0.849 bits per heavy atom. The summed E-state index contributed by atoms with van der Waals surface area (Å²) in [7, 11) is 9.09. The van der Waals surface area contributed by atoms with Crippen molar-refractivity contribution in [1.29, 1.82) is 0 Å². The zero-order chi connectivity index (χ0) is 53.0. The molecule has 0 bridgehead atoms. The molecule has 13 heteroatoms. The summed E-state index contributed by atoms with van der Waals surface area (Å²) < 4.78 is 33.0. The summed E-state index contributed by atoms with van der Waals surface area (Å²) in [5, 5.41) is 8.91. The van der Waals surface area contributed by atoms with Crippen molar-refractivity contribution in [1.82, 2.24) is 39.2 Å². The van der Waals surface area contributed by atoms with Crippen LogP contribution in [0.25, 0.3) is 0 Å². The van der Waals surface area contributed by atoms with Crippen LogP contribution in [0.4, 0.5) is 0 Å². The first-order chi connectivity index (χ1) is 34.8. The van der Waals surface area contributed by atoms with Gasteiger partial charge in [0.2, 0.25) is 0 Å². The Hall–Kier alpha value is -2.98. The number of hydrogen-bond acceptors (Lipinski definition) is 10. The van der Waals surface area contributed by atoms with Crippen LogP contribution in [0.15, 0.2) is 83.9 Å². The molecule has 0 amide bonds. The van der Waals surface area contributed by atoms with Gasteiger partial charge in [-0.2, -0.15) is 10.2 Å². The average molecular weight is 1080 g/mol. The Morgan fingerprint density at radius 3 is 1.19 bits per heavy atom. The lowest BCUT2D eigenvalue weighted by atomic mass is 10.0. The highest BCUT2D eigenvalue weighted by Crippen LogP contribution is 2.22. The number of likely N-dealkylation sites (N-methyl/N-ethyl adjacent to an activating group) is 4. The van der Waals surface area contributed by atoms with Crippen molar-refractivity contribution < 1.29 is 18.9 Å². The summed E-state index contributed by atoms with van der Waals surface area (Å²) in [5.41, 5.74) is 5.04. The monoisotopic (exact) mass is 1070 g/mol. The molecule has 0 N–H and O–H groups in total. The molecule has 0 saturated carbocycles. The summed E-state index contributed by atoms with van der Waals surface area (Å²) in [4.78, 5) is 10.0. The number of halogens is 1. The lowest BCUT2D eigenvalue weighted by Gasteiger charge is -2.37. The van der Waals surface area contributed by atoms with E-state index in [1.54, 1.807) is 0 Å². The molecule has 0 spiro atoms. The Bertz CT molecular complexity index is 2050. The van der Waals surface area contributed by atoms with Gasteiger partial charge >= 0.3 is 0 Å². The smallest absolute Gasteiger partial charge is 0.0743 e. The van der Waals surface area contributed by atoms with Gasteiger partial charge in [0.15, 0.2) is 0 Å². The first-order valence-electron chi connectivity index (χ1n) is 27.9. The molecular weight excluding hydrogens is 977 g/mol. The molecule has 1 aliphatic heterocycles. The number of ether oxygens (including phenoxy) is 4. The highest BCUT2D eigenvalue weighted by atomic mass is 79.9. The number of nitrogens with zero attached hydrogens (tertiary/aromatic N) is 8. The summed E-state index contributed by atoms with van der Waals surface area (Å²) in [6, 6.07) is 21.1.